The Bertz CT molecular complexity index is 601. The number of hydrogen-bond acceptors (Lipinski definition) is 4. The van der Waals surface area contributed by atoms with Gasteiger partial charge in [-0.3, -0.25) is 10.4 Å². The number of rotatable bonds is 2. The summed E-state index contributed by atoms with van der Waals surface area (Å²) in [5.74, 6) is 0.885. The van der Waals surface area contributed by atoms with Crippen LogP contribution in [0.25, 0.3) is 10.9 Å². The van der Waals surface area contributed by atoms with E-state index in [-0.39, 0.29) is 12.1 Å². The van der Waals surface area contributed by atoms with Crippen LogP contribution in [0.4, 0.5) is 16.4 Å². The molecular formula is C12H16N6O. The van der Waals surface area contributed by atoms with Gasteiger partial charge < -0.3 is 11.1 Å². The predicted octanol–water partition coefficient (Wildman–Crippen LogP) is 1.60. The second kappa shape index (κ2) is 4.75. The molecule has 2 heterocycles. The van der Waals surface area contributed by atoms with Crippen LogP contribution < -0.4 is 16.4 Å². The number of nitrogens with two attached hydrogens (primary N) is 1. The third-order valence-electron chi connectivity index (χ3n) is 3.41. The minimum atomic E-state index is -0.216. The fourth-order valence-corrected chi connectivity index (χ4v) is 2.41. The van der Waals surface area contributed by atoms with Gasteiger partial charge in [0.2, 0.25) is 0 Å². The van der Waals surface area contributed by atoms with Crippen molar-refractivity contribution in [3.8, 4) is 0 Å². The average Bonchev–Trinajstić information content (AvgIpc) is 3.00. The first kappa shape index (κ1) is 11.8. The highest BCUT2D eigenvalue weighted by molar-refractivity contribution is 5.93. The van der Waals surface area contributed by atoms with Gasteiger partial charge in [0, 0.05) is 18.3 Å². The van der Waals surface area contributed by atoms with E-state index in [1.807, 2.05) is 0 Å². The van der Waals surface area contributed by atoms with Gasteiger partial charge in [0.05, 0.1) is 10.9 Å². The molecule has 1 aliphatic carbocycles. The molecule has 100 valence electrons. The number of aromatic amines is 1. The van der Waals surface area contributed by atoms with Crippen LogP contribution in [0, 0.1) is 0 Å². The van der Waals surface area contributed by atoms with Gasteiger partial charge in [0.25, 0.3) is 0 Å². The normalized spacial score (nSPS) is 15.8. The molecular weight excluding hydrogens is 244 g/mol. The number of carbonyl (C=O) groups excluding carboxylic acids is 1. The van der Waals surface area contributed by atoms with Gasteiger partial charge in [-0.05, 0) is 12.8 Å². The van der Waals surface area contributed by atoms with Crippen molar-refractivity contribution in [2.75, 3.05) is 11.1 Å². The minimum Gasteiger partial charge on any atom is -0.382 e. The number of anilines is 2. The van der Waals surface area contributed by atoms with Crippen molar-refractivity contribution in [1.82, 2.24) is 20.5 Å². The maximum atomic E-state index is 11.8. The largest absolute Gasteiger partial charge is 0.382 e. The Morgan fingerprint density at radius 1 is 1.42 bits per heavy atom. The summed E-state index contributed by atoms with van der Waals surface area (Å²) in [6, 6.07) is 1.78. The summed E-state index contributed by atoms with van der Waals surface area (Å²) in [7, 11) is 0. The van der Waals surface area contributed by atoms with E-state index in [2.05, 4.69) is 25.8 Å². The van der Waals surface area contributed by atoms with Crippen molar-refractivity contribution >= 4 is 28.6 Å². The number of aromatic nitrogens is 3. The van der Waals surface area contributed by atoms with Crippen LogP contribution in [0.3, 0.4) is 0 Å². The molecule has 0 radical (unpaired) electrons. The molecule has 0 saturated heterocycles. The van der Waals surface area contributed by atoms with Crippen molar-refractivity contribution in [3.05, 3.63) is 12.3 Å². The molecule has 2 aromatic rings. The SMILES string of the molecule is Nc1n[nH]c2cc(NC(=O)NC3CCCC3)ncc12. The van der Waals surface area contributed by atoms with Crippen molar-refractivity contribution < 1.29 is 4.79 Å². The summed E-state index contributed by atoms with van der Waals surface area (Å²) in [4.78, 5) is 15.9. The zero-order valence-corrected chi connectivity index (χ0v) is 10.4. The number of nitrogens with one attached hydrogen (secondary N) is 3. The second-order valence-electron chi connectivity index (χ2n) is 4.80. The lowest BCUT2D eigenvalue weighted by atomic mass is 10.2. The van der Waals surface area contributed by atoms with Gasteiger partial charge in [0.1, 0.15) is 5.82 Å². The molecule has 0 atom stereocenters. The number of pyridine rings is 1. The quantitative estimate of drug-likeness (QED) is 0.657. The molecule has 7 heteroatoms. The number of carbonyl (C=O) groups is 1. The first-order valence-corrected chi connectivity index (χ1v) is 6.39. The fraction of sp³-hybridized carbons (Fsp3) is 0.417. The number of hydrogen-bond donors (Lipinski definition) is 4. The number of amides is 2. The van der Waals surface area contributed by atoms with Crippen molar-refractivity contribution in [2.24, 2.45) is 0 Å². The summed E-state index contributed by atoms with van der Waals surface area (Å²) in [6.07, 6.45) is 6.07. The highest BCUT2D eigenvalue weighted by atomic mass is 16.2. The summed E-state index contributed by atoms with van der Waals surface area (Å²) in [6.45, 7) is 0. The van der Waals surface area contributed by atoms with E-state index in [0.717, 1.165) is 23.7 Å². The molecule has 19 heavy (non-hydrogen) atoms. The number of H-pyrrole nitrogens is 1. The van der Waals surface area contributed by atoms with Gasteiger partial charge in [0.15, 0.2) is 5.82 Å². The maximum Gasteiger partial charge on any atom is 0.320 e. The molecule has 2 amide bonds. The van der Waals surface area contributed by atoms with Crippen LogP contribution in [0.5, 0.6) is 0 Å². The molecule has 0 spiro atoms. The van der Waals surface area contributed by atoms with E-state index < -0.39 is 0 Å². The lowest BCUT2D eigenvalue weighted by Crippen LogP contribution is -2.36. The Hall–Kier alpha value is -2.31. The van der Waals surface area contributed by atoms with E-state index in [1.54, 1.807) is 12.3 Å². The molecule has 0 aromatic carbocycles. The van der Waals surface area contributed by atoms with Gasteiger partial charge in [-0.1, -0.05) is 12.8 Å². The first-order valence-electron chi connectivity index (χ1n) is 6.39. The summed E-state index contributed by atoms with van der Waals surface area (Å²) >= 11 is 0. The molecule has 1 aliphatic rings. The molecule has 1 saturated carbocycles. The van der Waals surface area contributed by atoms with E-state index in [0.29, 0.717) is 11.6 Å². The second-order valence-corrected chi connectivity index (χ2v) is 4.80. The lowest BCUT2D eigenvalue weighted by Gasteiger charge is -2.12. The van der Waals surface area contributed by atoms with E-state index in [1.165, 1.54) is 12.8 Å². The Kier molecular flexibility index (Phi) is 2.94. The molecule has 7 nitrogen and oxygen atoms in total. The van der Waals surface area contributed by atoms with Crippen LogP contribution in [-0.4, -0.2) is 27.3 Å². The molecule has 5 N–H and O–H groups in total. The third kappa shape index (κ3) is 2.44. The topological polar surface area (TPSA) is 109 Å². The van der Waals surface area contributed by atoms with Gasteiger partial charge in [-0.25, -0.2) is 9.78 Å². The number of nitrogens with zero attached hydrogens (tertiary/aromatic N) is 2. The zero-order valence-electron chi connectivity index (χ0n) is 10.4. The molecule has 1 fully saturated rings. The van der Waals surface area contributed by atoms with Crippen LogP contribution in [0.1, 0.15) is 25.7 Å². The molecule has 2 aromatic heterocycles. The van der Waals surface area contributed by atoms with Gasteiger partial charge in [-0.2, -0.15) is 5.10 Å². The van der Waals surface area contributed by atoms with Crippen molar-refractivity contribution in [1.29, 1.82) is 0 Å². The van der Waals surface area contributed by atoms with Crippen LogP contribution in [0.15, 0.2) is 12.3 Å². The highest BCUT2D eigenvalue weighted by Gasteiger charge is 2.17. The standard InChI is InChI=1S/C12H16N6O/c13-11-8-6-14-10(5-9(8)17-18-11)16-12(19)15-7-3-1-2-4-7/h5-7H,1-4H2,(H3,13,17,18)(H2,14,15,16,19). The van der Waals surface area contributed by atoms with Crippen LogP contribution in [0.2, 0.25) is 0 Å². The molecule has 0 aliphatic heterocycles. The monoisotopic (exact) mass is 260 g/mol. The van der Waals surface area contributed by atoms with Crippen LogP contribution in [-0.2, 0) is 0 Å². The molecule has 3 rings (SSSR count). The zero-order chi connectivity index (χ0) is 13.2. The number of fused-ring (bicyclic) bond motifs is 1. The maximum absolute atomic E-state index is 11.8. The Morgan fingerprint density at radius 3 is 3.00 bits per heavy atom. The minimum absolute atomic E-state index is 0.216. The van der Waals surface area contributed by atoms with Gasteiger partial charge >= 0.3 is 6.03 Å². The summed E-state index contributed by atoms with van der Waals surface area (Å²) < 4.78 is 0. The smallest absolute Gasteiger partial charge is 0.320 e. The van der Waals surface area contributed by atoms with E-state index in [4.69, 9.17) is 5.73 Å². The number of nitrogen functional groups attached to an aromatic ring is 1. The molecule has 0 bridgehead atoms. The highest BCUT2D eigenvalue weighted by Crippen LogP contribution is 2.20. The Morgan fingerprint density at radius 2 is 2.21 bits per heavy atom. The summed E-state index contributed by atoms with van der Waals surface area (Å²) in [5.41, 5.74) is 6.41. The Labute approximate surface area is 110 Å². The van der Waals surface area contributed by atoms with E-state index >= 15 is 0 Å². The lowest BCUT2D eigenvalue weighted by molar-refractivity contribution is 0.248. The first-order chi connectivity index (χ1) is 9.22. The number of urea groups is 1. The Balaban J connectivity index is 1.68. The van der Waals surface area contributed by atoms with Crippen molar-refractivity contribution in [3.63, 3.8) is 0 Å². The molecule has 0 unspecified atom stereocenters. The van der Waals surface area contributed by atoms with Gasteiger partial charge in [-0.15, -0.1) is 0 Å². The predicted molar refractivity (Wildman–Crippen MR) is 72.7 cm³/mol. The average molecular weight is 260 g/mol. The van der Waals surface area contributed by atoms with Crippen molar-refractivity contribution in [2.45, 2.75) is 31.7 Å². The van der Waals surface area contributed by atoms with Crippen LogP contribution >= 0.6 is 0 Å². The summed E-state index contributed by atoms with van der Waals surface area (Å²) in [5, 5.41) is 13.1. The fourth-order valence-electron chi connectivity index (χ4n) is 2.41. The third-order valence-corrected chi connectivity index (χ3v) is 3.41. The van der Waals surface area contributed by atoms with E-state index in [9.17, 15) is 4.79 Å².